The summed E-state index contributed by atoms with van der Waals surface area (Å²) in [6.45, 7) is 5.85. The van der Waals surface area contributed by atoms with Gasteiger partial charge in [-0.3, -0.25) is 9.48 Å². The maximum absolute atomic E-state index is 12.9. The van der Waals surface area contributed by atoms with Crippen LogP contribution in [-0.4, -0.2) is 58.8 Å². The maximum Gasteiger partial charge on any atom is 0.319 e. The number of amides is 3. The van der Waals surface area contributed by atoms with Gasteiger partial charge in [-0.25, -0.2) is 4.79 Å². The van der Waals surface area contributed by atoms with E-state index < -0.39 is 0 Å². The zero-order valence-electron chi connectivity index (χ0n) is 16.5. The first-order chi connectivity index (χ1) is 13.5. The number of anilines is 1. The van der Waals surface area contributed by atoms with Crippen LogP contribution in [-0.2, 0) is 7.05 Å². The molecule has 28 heavy (non-hydrogen) atoms. The molecule has 8 heteroatoms. The van der Waals surface area contributed by atoms with Crippen LogP contribution < -0.4 is 16.0 Å². The van der Waals surface area contributed by atoms with Crippen LogP contribution in [0.4, 0.5) is 10.5 Å². The van der Waals surface area contributed by atoms with Crippen LogP contribution >= 0.6 is 0 Å². The Kier molecular flexibility index (Phi) is 5.21. The molecule has 1 aromatic heterocycles. The Labute approximate surface area is 164 Å². The number of hydrogen-bond acceptors (Lipinski definition) is 4. The van der Waals surface area contributed by atoms with Crippen molar-refractivity contribution < 1.29 is 9.59 Å². The van der Waals surface area contributed by atoms with Gasteiger partial charge in [0.2, 0.25) is 0 Å². The third-order valence-corrected chi connectivity index (χ3v) is 5.83. The van der Waals surface area contributed by atoms with E-state index in [-0.39, 0.29) is 18.0 Å². The van der Waals surface area contributed by atoms with Gasteiger partial charge in [0, 0.05) is 37.3 Å². The predicted octanol–water partition coefficient (Wildman–Crippen LogP) is 1.93. The lowest BCUT2D eigenvalue weighted by Crippen LogP contribution is -2.57. The summed E-state index contributed by atoms with van der Waals surface area (Å²) in [5.41, 5.74) is 1.93. The van der Waals surface area contributed by atoms with Gasteiger partial charge < -0.3 is 20.9 Å². The second kappa shape index (κ2) is 7.79. The first-order valence-corrected chi connectivity index (χ1v) is 10.1. The van der Waals surface area contributed by atoms with E-state index in [1.165, 1.54) is 0 Å². The van der Waals surface area contributed by atoms with Crippen LogP contribution in [0.15, 0.2) is 18.2 Å². The lowest BCUT2D eigenvalue weighted by Gasteiger charge is -2.44. The van der Waals surface area contributed by atoms with E-state index in [2.05, 4.69) is 25.9 Å². The van der Waals surface area contributed by atoms with Crippen molar-refractivity contribution in [1.82, 2.24) is 25.3 Å². The molecule has 150 valence electrons. The molecule has 1 atom stereocenters. The van der Waals surface area contributed by atoms with Gasteiger partial charge in [-0.15, -0.1) is 0 Å². The molecule has 3 fully saturated rings. The number of nitrogens with zero attached hydrogens (tertiary/aromatic N) is 3. The molecule has 2 aromatic rings. The zero-order chi connectivity index (χ0) is 19.7. The molecule has 0 aliphatic carbocycles. The van der Waals surface area contributed by atoms with E-state index in [9.17, 15) is 9.59 Å². The van der Waals surface area contributed by atoms with Crippen LogP contribution in [0.3, 0.4) is 0 Å². The van der Waals surface area contributed by atoms with Crippen molar-refractivity contribution in [1.29, 1.82) is 0 Å². The van der Waals surface area contributed by atoms with Crippen molar-refractivity contribution >= 4 is 28.5 Å². The molecule has 3 N–H and O–H groups in total. The summed E-state index contributed by atoms with van der Waals surface area (Å²) < 4.78 is 1.69. The highest BCUT2D eigenvalue weighted by Gasteiger charge is 2.35. The number of fused-ring (bicyclic) bond motifs is 4. The largest absolute Gasteiger partial charge is 0.346 e. The highest BCUT2D eigenvalue weighted by atomic mass is 16.2. The Balaban J connectivity index is 1.50. The van der Waals surface area contributed by atoms with Gasteiger partial charge in [-0.1, -0.05) is 6.92 Å². The van der Waals surface area contributed by atoms with Gasteiger partial charge >= 0.3 is 6.03 Å². The molecule has 0 spiro atoms. The number of urea groups is 1. The summed E-state index contributed by atoms with van der Waals surface area (Å²) in [5, 5.41) is 14.1. The maximum atomic E-state index is 12.9. The van der Waals surface area contributed by atoms with Gasteiger partial charge in [0.1, 0.15) is 0 Å². The van der Waals surface area contributed by atoms with Crippen LogP contribution in [0, 0.1) is 5.92 Å². The number of nitrogens with one attached hydrogen (secondary N) is 3. The minimum Gasteiger partial charge on any atom is -0.346 e. The second-order valence-corrected chi connectivity index (χ2v) is 7.80. The Morgan fingerprint density at radius 2 is 2.04 bits per heavy atom. The fourth-order valence-electron chi connectivity index (χ4n) is 4.28. The van der Waals surface area contributed by atoms with Crippen LogP contribution in [0.1, 0.15) is 36.7 Å². The van der Waals surface area contributed by atoms with E-state index >= 15 is 0 Å². The molecule has 3 saturated heterocycles. The van der Waals surface area contributed by atoms with Crippen LogP contribution in [0.25, 0.3) is 10.9 Å². The number of aryl methyl sites for hydroxylation is 1. The van der Waals surface area contributed by atoms with Gasteiger partial charge in [0.15, 0.2) is 5.69 Å². The van der Waals surface area contributed by atoms with Crippen molar-refractivity contribution in [3.05, 3.63) is 23.9 Å². The van der Waals surface area contributed by atoms with Crippen molar-refractivity contribution in [3.8, 4) is 0 Å². The molecule has 8 nitrogen and oxygen atoms in total. The van der Waals surface area contributed by atoms with Gasteiger partial charge in [-0.05, 0) is 56.5 Å². The highest BCUT2D eigenvalue weighted by molar-refractivity contribution is 6.06. The number of carbonyl (C=O) groups excluding carboxylic acids is 2. The lowest BCUT2D eigenvalue weighted by atomic mass is 9.84. The molecule has 2 bridgehead atoms. The minimum absolute atomic E-state index is 0.120. The topological polar surface area (TPSA) is 91.3 Å². The molecule has 5 rings (SSSR count). The third kappa shape index (κ3) is 3.69. The second-order valence-electron chi connectivity index (χ2n) is 7.80. The quantitative estimate of drug-likeness (QED) is 0.735. The summed E-state index contributed by atoms with van der Waals surface area (Å²) in [6.07, 6.45) is 3.19. The van der Waals surface area contributed by atoms with E-state index in [1.807, 2.05) is 26.1 Å². The summed E-state index contributed by atoms with van der Waals surface area (Å²) in [4.78, 5) is 27.2. The molecule has 3 amide bonds. The number of rotatable bonds is 5. The smallest absolute Gasteiger partial charge is 0.319 e. The molecule has 3 aliphatic rings. The minimum atomic E-state index is -0.233. The SMILES string of the molecule is CCCNC(=O)Nc1ccc2c(C(=O)N[C@@H]3CN4CCC3CC4)nn(C)c2c1. The normalized spacial score (nSPS) is 23.6. The van der Waals surface area contributed by atoms with Gasteiger partial charge in [-0.2, -0.15) is 5.10 Å². The fourth-order valence-corrected chi connectivity index (χ4v) is 4.28. The average molecular weight is 384 g/mol. The average Bonchev–Trinajstić information content (AvgIpc) is 3.03. The summed E-state index contributed by atoms with van der Waals surface area (Å²) >= 11 is 0. The lowest BCUT2D eigenvalue weighted by molar-refractivity contribution is 0.0618. The highest BCUT2D eigenvalue weighted by Crippen LogP contribution is 2.28. The Bertz CT molecular complexity index is 884. The summed E-state index contributed by atoms with van der Waals surface area (Å²) in [5.74, 6) is 0.451. The molecular weight excluding hydrogens is 356 g/mol. The number of hydrogen-bond donors (Lipinski definition) is 3. The predicted molar refractivity (Wildman–Crippen MR) is 108 cm³/mol. The van der Waals surface area contributed by atoms with E-state index in [0.29, 0.717) is 23.8 Å². The monoisotopic (exact) mass is 384 g/mol. The number of carbonyl (C=O) groups is 2. The number of aromatic nitrogens is 2. The van der Waals surface area contributed by atoms with Crippen molar-refractivity contribution in [2.45, 2.75) is 32.2 Å². The zero-order valence-corrected chi connectivity index (χ0v) is 16.5. The summed E-state index contributed by atoms with van der Waals surface area (Å²) in [6, 6.07) is 5.47. The molecule has 3 aliphatic heterocycles. The molecule has 1 aromatic carbocycles. The summed E-state index contributed by atoms with van der Waals surface area (Å²) in [7, 11) is 1.81. The van der Waals surface area contributed by atoms with E-state index in [1.54, 1.807) is 10.7 Å². The fraction of sp³-hybridized carbons (Fsp3) is 0.550. The van der Waals surface area contributed by atoms with Gasteiger partial charge in [0.05, 0.1) is 5.52 Å². The molecule has 4 heterocycles. The van der Waals surface area contributed by atoms with Gasteiger partial charge in [0.25, 0.3) is 5.91 Å². The van der Waals surface area contributed by atoms with Crippen molar-refractivity contribution in [2.75, 3.05) is 31.5 Å². The van der Waals surface area contributed by atoms with Crippen molar-refractivity contribution in [3.63, 3.8) is 0 Å². The molecular formula is C20H28N6O2. The molecule has 0 radical (unpaired) electrons. The Morgan fingerprint density at radius 3 is 2.71 bits per heavy atom. The van der Waals surface area contributed by atoms with E-state index in [0.717, 1.165) is 49.8 Å². The van der Waals surface area contributed by atoms with Crippen LogP contribution in [0.2, 0.25) is 0 Å². The number of benzene rings is 1. The third-order valence-electron chi connectivity index (χ3n) is 5.83. The van der Waals surface area contributed by atoms with Crippen LogP contribution in [0.5, 0.6) is 0 Å². The molecule has 0 saturated carbocycles. The first kappa shape index (κ1) is 18.7. The number of piperidine rings is 3. The standard InChI is InChI=1S/C20H28N6O2/c1-3-8-21-20(28)22-14-4-5-15-17(11-14)25(2)24-18(15)19(27)23-16-12-26-9-6-13(16)7-10-26/h4-5,11,13,16H,3,6-10,12H2,1-2H3,(H,23,27)(H2,21,22,28)/t16-/m1/s1. The Morgan fingerprint density at radius 1 is 1.25 bits per heavy atom. The molecule has 0 unspecified atom stereocenters. The Hall–Kier alpha value is -2.61. The van der Waals surface area contributed by atoms with E-state index in [4.69, 9.17) is 0 Å². The first-order valence-electron chi connectivity index (χ1n) is 10.1. The van der Waals surface area contributed by atoms with Crippen molar-refractivity contribution in [2.24, 2.45) is 13.0 Å².